The van der Waals surface area contributed by atoms with Crippen LogP contribution < -0.4 is 20.3 Å². The number of amides is 1. The van der Waals surface area contributed by atoms with Crippen molar-refractivity contribution in [1.82, 2.24) is 20.3 Å². The van der Waals surface area contributed by atoms with E-state index in [9.17, 15) is 4.79 Å². The molecule has 4 rings (SSSR count). The quantitative estimate of drug-likeness (QED) is 0.431. The van der Waals surface area contributed by atoms with Gasteiger partial charge in [-0.1, -0.05) is 26.8 Å². The molecule has 1 aliphatic rings. The highest BCUT2D eigenvalue weighted by molar-refractivity contribution is 5.94. The molecular weight excluding hydrogens is 452 g/mol. The van der Waals surface area contributed by atoms with Gasteiger partial charge in [0.05, 0.1) is 12.8 Å². The van der Waals surface area contributed by atoms with E-state index in [2.05, 4.69) is 63.4 Å². The Morgan fingerprint density at radius 1 is 1.08 bits per heavy atom. The van der Waals surface area contributed by atoms with Crippen molar-refractivity contribution in [1.29, 1.82) is 0 Å². The van der Waals surface area contributed by atoms with Crippen LogP contribution in [0, 0.1) is 11.8 Å². The molecule has 1 aliphatic heterocycles. The number of carbonyl (C=O) groups is 1. The van der Waals surface area contributed by atoms with Crippen molar-refractivity contribution in [3.8, 4) is 17.0 Å². The van der Waals surface area contributed by atoms with E-state index in [1.54, 1.807) is 20.5 Å². The van der Waals surface area contributed by atoms with Crippen LogP contribution >= 0.6 is 0 Å². The maximum Gasteiger partial charge on any atom is 0.251 e. The van der Waals surface area contributed by atoms with E-state index in [1.807, 2.05) is 30.5 Å². The van der Waals surface area contributed by atoms with Gasteiger partial charge < -0.3 is 20.3 Å². The fourth-order valence-electron chi connectivity index (χ4n) is 4.48. The summed E-state index contributed by atoms with van der Waals surface area (Å²) >= 11 is 0. The summed E-state index contributed by atoms with van der Waals surface area (Å²) < 4.78 is 5.63. The molecule has 36 heavy (non-hydrogen) atoms. The highest BCUT2D eigenvalue weighted by atomic mass is 16.5. The van der Waals surface area contributed by atoms with E-state index in [-0.39, 0.29) is 11.8 Å². The number of aromatic nitrogens is 3. The van der Waals surface area contributed by atoms with Gasteiger partial charge in [0.25, 0.3) is 5.91 Å². The Morgan fingerprint density at radius 3 is 2.53 bits per heavy atom. The molecule has 0 aliphatic carbocycles. The van der Waals surface area contributed by atoms with Crippen LogP contribution in [0.15, 0.2) is 48.9 Å². The van der Waals surface area contributed by atoms with Crippen LogP contribution in [0.5, 0.6) is 5.75 Å². The predicted molar refractivity (Wildman–Crippen MR) is 144 cm³/mol. The average Bonchev–Trinajstić information content (AvgIpc) is 2.89. The van der Waals surface area contributed by atoms with Crippen LogP contribution in [0.2, 0.25) is 0 Å². The molecule has 2 aromatic heterocycles. The Morgan fingerprint density at radius 2 is 1.89 bits per heavy atom. The molecule has 8 nitrogen and oxygen atoms in total. The zero-order valence-electron chi connectivity index (χ0n) is 21.8. The topological polar surface area (TPSA) is 92.3 Å². The maximum absolute atomic E-state index is 12.0. The fraction of sp³-hybridized carbons (Fsp3) is 0.429. The minimum absolute atomic E-state index is 0.120. The summed E-state index contributed by atoms with van der Waals surface area (Å²) in [4.78, 5) is 27.7. The zero-order valence-corrected chi connectivity index (χ0v) is 21.8. The van der Waals surface area contributed by atoms with Crippen LogP contribution in [0.4, 0.5) is 11.6 Å². The van der Waals surface area contributed by atoms with E-state index in [0.29, 0.717) is 17.4 Å². The van der Waals surface area contributed by atoms with Gasteiger partial charge in [-0.2, -0.15) is 0 Å². The number of carbonyl (C=O) groups excluding carboxylic acids is 1. The Hall–Kier alpha value is -3.68. The summed E-state index contributed by atoms with van der Waals surface area (Å²) in [7, 11) is 3.28. The van der Waals surface area contributed by atoms with Crippen molar-refractivity contribution in [2.24, 2.45) is 11.8 Å². The van der Waals surface area contributed by atoms with Crippen molar-refractivity contribution < 1.29 is 9.53 Å². The molecule has 1 aromatic carbocycles. The van der Waals surface area contributed by atoms with Crippen molar-refractivity contribution >= 4 is 17.5 Å². The summed E-state index contributed by atoms with van der Waals surface area (Å²) in [6.45, 7) is 9.62. The summed E-state index contributed by atoms with van der Waals surface area (Å²) in [6.07, 6.45) is 4.71. The van der Waals surface area contributed by atoms with Crippen LogP contribution in [0.3, 0.4) is 0 Å². The van der Waals surface area contributed by atoms with Crippen molar-refractivity contribution in [3.05, 3.63) is 60.0 Å². The van der Waals surface area contributed by atoms with E-state index in [4.69, 9.17) is 4.74 Å². The van der Waals surface area contributed by atoms with Crippen LogP contribution in [0.1, 0.15) is 49.0 Å². The maximum atomic E-state index is 12.0. The number of pyridine rings is 1. The van der Waals surface area contributed by atoms with Gasteiger partial charge in [0.15, 0.2) is 0 Å². The van der Waals surface area contributed by atoms with Gasteiger partial charge in [-0.15, -0.1) is 0 Å². The summed E-state index contributed by atoms with van der Waals surface area (Å²) in [5, 5.41) is 6.15. The molecule has 1 amide bonds. The third-order valence-electron chi connectivity index (χ3n) is 7.40. The second-order valence-corrected chi connectivity index (χ2v) is 9.58. The first-order valence-corrected chi connectivity index (χ1v) is 12.6. The van der Waals surface area contributed by atoms with Gasteiger partial charge in [0.1, 0.15) is 23.7 Å². The number of nitrogens with zero attached hydrogens (tertiary/aromatic N) is 4. The number of rotatable bonds is 10. The Kier molecular flexibility index (Phi) is 8.03. The van der Waals surface area contributed by atoms with Gasteiger partial charge in [0, 0.05) is 50.1 Å². The highest BCUT2D eigenvalue weighted by Gasteiger charge is 2.24. The standard InChI is InChI=1S/C28H36N6O2/c1-18(19(2)20(3)23-9-7-21(28(35)29-4)13-25(23)36-5)15-30-26-14-24(32-17-33-26)22-8-10-27(31-16-22)34-11-6-12-34/h7-10,13-14,16-20H,6,11-12,15H2,1-5H3,(H,29,35)(H,30,32,33)/t18?,19-,20?/m1/s1. The molecule has 1 saturated heterocycles. The number of anilines is 2. The molecule has 1 fully saturated rings. The molecule has 0 radical (unpaired) electrons. The lowest BCUT2D eigenvalue weighted by Crippen LogP contribution is -2.37. The fourth-order valence-corrected chi connectivity index (χ4v) is 4.48. The van der Waals surface area contributed by atoms with Gasteiger partial charge in [-0.05, 0) is 54.0 Å². The van der Waals surface area contributed by atoms with Crippen molar-refractivity contribution in [2.45, 2.75) is 33.1 Å². The first-order chi connectivity index (χ1) is 17.4. The second kappa shape index (κ2) is 11.4. The third-order valence-corrected chi connectivity index (χ3v) is 7.40. The summed E-state index contributed by atoms with van der Waals surface area (Å²) in [5.74, 6) is 3.40. The smallest absolute Gasteiger partial charge is 0.251 e. The van der Waals surface area contributed by atoms with E-state index in [0.717, 1.165) is 53.8 Å². The Labute approximate surface area is 213 Å². The average molecular weight is 489 g/mol. The van der Waals surface area contributed by atoms with Crippen molar-refractivity contribution in [3.63, 3.8) is 0 Å². The first-order valence-electron chi connectivity index (χ1n) is 12.6. The minimum Gasteiger partial charge on any atom is -0.496 e. The number of benzene rings is 1. The second-order valence-electron chi connectivity index (χ2n) is 9.58. The highest BCUT2D eigenvalue weighted by Crippen LogP contribution is 2.36. The SMILES string of the molecule is CNC(=O)c1ccc(C(C)[C@H](C)C(C)CNc2cc(-c3ccc(N4CCC4)nc3)ncn2)c(OC)c1. The first kappa shape index (κ1) is 25.4. The predicted octanol–water partition coefficient (Wildman–Crippen LogP) is 4.60. The third kappa shape index (κ3) is 5.58. The number of hydrogen-bond donors (Lipinski definition) is 2. The molecule has 0 saturated carbocycles. The molecule has 3 aromatic rings. The number of ether oxygens (including phenoxy) is 1. The number of methoxy groups -OCH3 is 1. The van der Waals surface area contributed by atoms with Crippen LogP contribution in [-0.4, -0.2) is 54.7 Å². The molecular formula is C28H36N6O2. The number of hydrogen-bond acceptors (Lipinski definition) is 7. The normalized spacial score (nSPS) is 15.4. The van der Waals surface area contributed by atoms with Gasteiger partial charge in [0.2, 0.25) is 0 Å². The minimum atomic E-state index is -0.120. The molecule has 190 valence electrons. The van der Waals surface area contributed by atoms with Gasteiger partial charge in [-0.25, -0.2) is 15.0 Å². The lowest BCUT2D eigenvalue weighted by atomic mass is 9.80. The molecule has 2 unspecified atom stereocenters. The van der Waals surface area contributed by atoms with E-state index in [1.165, 1.54) is 6.42 Å². The molecule has 3 atom stereocenters. The lowest BCUT2D eigenvalue weighted by Gasteiger charge is -2.31. The molecule has 3 heterocycles. The molecule has 0 bridgehead atoms. The van der Waals surface area contributed by atoms with Crippen molar-refractivity contribution in [2.75, 3.05) is 44.0 Å². The van der Waals surface area contributed by atoms with Crippen LogP contribution in [0.25, 0.3) is 11.3 Å². The summed E-state index contributed by atoms with van der Waals surface area (Å²) in [5.41, 5.74) is 3.53. The molecule has 8 heteroatoms. The zero-order chi connectivity index (χ0) is 25.7. The van der Waals surface area contributed by atoms with Crippen LogP contribution in [-0.2, 0) is 0 Å². The molecule has 0 spiro atoms. The van der Waals surface area contributed by atoms with Gasteiger partial charge in [-0.3, -0.25) is 4.79 Å². The van der Waals surface area contributed by atoms with E-state index >= 15 is 0 Å². The Bertz CT molecular complexity index is 1180. The lowest BCUT2D eigenvalue weighted by molar-refractivity contribution is 0.0962. The molecule has 2 N–H and O–H groups in total. The Balaban J connectivity index is 1.39. The number of nitrogens with one attached hydrogen (secondary N) is 2. The summed E-state index contributed by atoms with van der Waals surface area (Å²) in [6, 6.07) is 11.8. The largest absolute Gasteiger partial charge is 0.496 e. The van der Waals surface area contributed by atoms with Gasteiger partial charge >= 0.3 is 0 Å². The van der Waals surface area contributed by atoms with E-state index < -0.39 is 0 Å². The monoisotopic (exact) mass is 488 g/mol.